The van der Waals surface area contributed by atoms with Crippen LogP contribution in [0.25, 0.3) is 0 Å². The van der Waals surface area contributed by atoms with Crippen LogP contribution in [0.4, 0.5) is 0 Å². The summed E-state index contributed by atoms with van der Waals surface area (Å²) in [7, 11) is 1.85. The molecule has 0 unspecified atom stereocenters. The molecule has 1 aromatic rings. The van der Waals surface area contributed by atoms with Gasteiger partial charge in [-0.25, -0.2) is 0 Å². The van der Waals surface area contributed by atoms with Crippen LogP contribution < -0.4 is 0 Å². The Balaban J connectivity index is 1.87. The van der Waals surface area contributed by atoms with Crippen LogP contribution in [-0.4, -0.2) is 64.9 Å². The summed E-state index contributed by atoms with van der Waals surface area (Å²) in [5.74, 6) is -0.403. The summed E-state index contributed by atoms with van der Waals surface area (Å²) in [6, 6.07) is 3.66. The molecule has 0 aromatic carbocycles. The van der Waals surface area contributed by atoms with Crippen LogP contribution in [0, 0.1) is 11.3 Å². The average molecular weight is 361 g/mol. The van der Waals surface area contributed by atoms with Crippen molar-refractivity contribution in [3.8, 4) is 0 Å². The Kier molecular flexibility index (Phi) is 5.07. The van der Waals surface area contributed by atoms with Crippen molar-refractivity contribution in [3.05, 3.63) is 24.0 Å². The van der Waals surface area contributed by atoms with Gasteiger partial charge in [-0.05, 0) is 31.9 Å². The fraction of sp³-hybridized carbons (Fsp3) is 0.632. The van der Waals surface area contributed by atoms with Gasteiger partial charge >= 0.3 is 5.97 Å². The first-order valence-electron chi connectivity index (χ1n) is 9.22. The number of aromatic nitrogens is 1. The fourth-order valence-electron chi connectivity index (χ4n) is 4.31. The van der Waals surface area contributed by atoms with E-state index in [2.05, 4.69) is 0 Å². The molecule has 2 amide bonds. The van der Waals surface area contributed by atoms with Crippen molar-refractivity contribution in [2.24, 2.45) is 18.4 Å². The Morgan fingerprint density at radius 3 is 2.62 bits per heavy atom. The van der Waals surface area contributed by atoms with E-state index >= 15 is 0 Å². The van der Waals surface area contributed by atoms with Crippen LogP contribution in [0.15, 0.2) is 18.3 Å². The lowest BCUT2D eigenvalue weighted by Crippen LogP contribution is -2.43. The second-order valence-corrected chi connectivity index (χ2v) is 7.33. The lowest BCUT2D eigenvalue weighted by molar-refractivity contribution is -0.157. The van der Waals surface area contributed by atoms with Gasteiger partial charge in [0.2, 0.25) is 5.91 Å². The maximum absolute atomic E-state index is 12.9. The van der Waals surface area contributed by atoms with Crippen LogP contribution in [-0.2, 0) is 21.4 Å². The number of fused-ring (bicyclic) bond motifs is 1. The molecule has 2 atom stereocenters. The second kappa shape index (κ2) is 7.13. The molecule has 0 radical (unpaired) electrons. The Morgan fingerprint density at radius 1 is 1.27 bits per heavy atom. The first-order chi connectivity index (χ1) is 12.4. The highest BCUT2D eigenvalue weighted by atomic mass is 16.5. The Labute approximate surface area is 153 Å². The van der Waals surface area contributed by atoms with E-state index in [0.717, 1.165) is 6.42 Å². The van der Waals surface area contributed by atoms with Gasteiger partial charge in [-0.3, -0.25) is 14.4 Å². The molecule has 0 bridgehead atoms. The lowest BCUT2D eigenvalue weighted by Gasteiger charge is -2.31. The highest BCUT2D eigenvalue weighted by molar-refractivity contribution is 5.93. The number of hydrogen-bond acceptors (Lipinski definition) is 4. The number of nitrogens with zero attached hydrogens (tertiary/aromatic N) is 3. The van der Waals surface area contributed by atoms with E-state index in [1.54, 1.807) is 11.8 Å². The molecule has 26 heavy (non-hydrogen) atoms. The zero-order valence-corrected chi connectivity index (χ0v) is 15.7. The molecule has 7 heteroatoms. The van der Waals surface area contributed by atoms with Crippen molar-refractivity contribution in [2.45, 2.75) is 26.7 Å². The van der Waals surface area contributed by atoms with Crippen molar-refractivity contribution in [1.82, 2.24) is 14.4 Å². The maximum atomic E-state index is 12.9. The molecule has 2 aliphatic rings. The Hall–Kier alpha value is -2.31. The minimum atomic E-state index is -0.703. The van der Waals surface area contributed by atoms with Gasteiger partial charge in [-0.15, -0.1) is 0 Å². The van der Waals surface area contributed by atoms with Gasteiger partial charge in [0.25, 0.3) is 5.91 Å². The van der Waals surface area contributed by atoms with Crippen LogP contribution >= 0.6 is 0 Å². The zero-order chi connectivity index (χ0) is 18.9. The van der Waals surface area contributed by atoms with E-state index in [1.807, 2.05) is 34.8 Å². The molecule has 0 spiro atoms. The van der Waals surface area contributed by atoms with Crippen molar-refractivity contribution in [2.75, 3.05) is 32.8 Å². The molecule has 7 nitrogen and oxygen atoms in total. The molecule has 2 saturated heterocycles. The van der Waals surface area contributed by atoms with Gasteiger partial charge in [-0.2, -0.15) is 0 Å². The predicted molar refractivity (Wildman–Crippen MR) is 95.4 cm³/mol. The summed E-state index contributed by atoms with van der Waals surface area (Å²) >= 11 is 0. The molecule has 0 N–H and O–H groups in total. The number of likely N-dealkylation sites (tertiary alicyclic amines) is 2. The molecule has 3 heterocycles. The molecule has 0 aliphatic carbocycles. The van der Waals surface area contributed by atoms with Crippen molar-refractivity contribution in [3.63, 3.8) is 0 Å². The zero-order valence-electron chi connectivity index (χ0n) is 15.7. The summed E-state index contributed by atoms with van der Waals surface area (Å²) in [4.78, 5) is 41.2. The minimum Gasteiger partial charge on any atom is -0.466 e. The predicted octanol–water partition coefficient (Wildman–Crippen LogP) is 1.29. The lowest BCUT2D eigenvalue weighted by atomic mass is 9.75. The maximum Gasteiger partial charge on any atom is 0.314 e. The van der Waals surface area contributed by atoms with Gasteiger partial charge < -0.3 is 19.1 Å². The Bertz CT molecular complexity index is 713. The van der Waals surface area contributed by atoms with E-state index in [4.69, 9.17) is 4.74 Å². The number of aryl methyl sites for hydroxylation is 1. The van der Waals surface area contributed by atoms with Crippen molar-refractivity contribution < 1.29 is 19.1 Å². The monoisotopic (exact) mass is 361 g/mol. The third-order valence-electron chi connectivity index (χ3n) is 5.76. The van der Waals surface area contributed by atoms with E-state index in [1.165, 1.54) is 6.92 Å². The van der Waals surface area contributed by atoms with Gasteiger partial charge in [0, 0.05) is 52.3 Å². The normalized spacial score (nSPS) is 25.6. The van der Waals surface area contributed by atoms with E-state index < -0.39 is 5.41 Å². The number of hydrogen-bond donors (Lipinski definition) is 0. The van der Waals surface area contributed by atoms with Crippen molar-refractivity contribution >= 4 is 17.8 Å². The number of amides is 2. The summed E-state index contributed by atoms with van der Waals surface area (Å²) in [6.45, 7) is 5.59. The summed E-state index contributed by atoms with van der Waals surface area (Å²) in [5, 5.41) is 0. The summed E-state index contributed by atoms with van der Waals surface area (Å²) in [6.07, 6.45) is 3.20. The van der Waals surface area contributed by atoms with Crippen molar-refractivity contribution in [1.29, 1.82) is 0 Å². The second-order valence-electron chi connectivity index (χ2n) is 7.33. The molecular formula is C19H27N3O4. The number of rotatable bonds is 3. The highest BCUT2D eigenvalue weighted by Crippen LogP contribution is 2.44. The molecule has 2 aliphatic heterocycles. The molecule has 2 fully saturated rings. The van der Waals surface area contributed by atoms with Gasteiger partial charge in [-0.1, -0.05) is 0 Å². The number of esters is 1. The van der Waals surface area contributed by atoms with Gasteiger partial charge in [0.1, 0.15) is 5.69 Å². The summed E-state index contributed by atoms with van der Waals surface area (Å²) in [5.41, 5.74) is -0.0691. The molecular weight excluding hydrogens is 334 g/mol. The van der Waals surface area contributed by atoms with Crippen LogP contribution in [0.2, 0.25) is 0 Å². The number of ether oxygens (including phenoxy) is 1. The standard InChI is InChI=1S/C19H27N3O4/c1-4-26-18(25)19-8-6-10-21(17(24)16-7-5-9-20(16)3)11-15(19)12-22(13-19)14(2)23/h5,7,9,15H,4,6,8,10-13H2,1-3H3/t15-,19-/m1/s1. The fourth-order valence-corrected chi connectivity index (χ4v) is 4.31. The van der Waals surface area contributed by atoms with Gasteiger partial charge in [0.05, 0.1) is 12.0 Å². The quantitative estimate of drug-likeness (QED) is 0.761. The third kappa shape index (κ3) is 3.10. The van der Waals surface area contributed by atoms with E-state index in [9.17, 15) is 14.4 Å². The average Bonchev–Trinajstić information content (AvgIpc) is 3.14. The van der Waals surface area contributed by atoms with Gasteiger partial charge in [0.15, 0.2) is 0 Å². The third-order valence-corrected chi connectivity index (χ3v) is 5.76. The smallest absolute Gasteiger partial charge is 0.314 e. The van der Waals surface area contributed by atoms with E-state index in [-0.39, 0.29) is 23.7 Å². The van der Waals surface area contributed by atoms with Crippen LogP contribution in [0.1, 0.15) is 37.2 Å². The first-order valence-corrected chi connectivity index (χ1v) is 9.22. The minimum absolute atomic E-state index is 0.0292. The largest absolute Gasteiger partial charge is 0.466 e. The highest BCUT2D eigenvalue weighted by Gasteiger charge is 2.55. The Morgan fingerprint density at radius 2 is 2.00 bits per heavy atom. The topological polar surface area (TPSA) is 71.8 Å². The molecule has 142 valence electrons. The molecule has 3 rings (SSSR count). The van der Waals surface area contributed by atoms with E-state index in [0.29, 0.717) is 44.9 Å². The van der Waals surface area contributed by atoms with Crippen LogP contribution in [0.3, 0.4) is 0 Å². The molecule has 0 saturated carbocycles. The molecule has 1 aromatic heterocycles. The number of carbonyl (C=O) groups is 3. The first kappa shape index (κ1) is 18.5. The number of carbonyl (C=O) groups excluding carboxylic acids is 3. The SMILES string of the molecule is CCOC(=O)[C@@]12CCCN(C(=O)c3cccn3C)C[C@@H]1CN(C(C)=O)C2. The summed E-state index contributed by atoms with van der Waals surface area (Å²) < 4.78 is 7.18. The van der Waals surface area contributed by atoms with Crippen LogP contribution in [0.5, 0.6) is 0 Å².